The molecule has 10 rings (SSSR count). The molecule has 0 aromatic heterocycles. The number of anilines is 2. The topological polar surface area (TPSA) is 156 Å². The number of piperidine rings is 4. The van der Waals surface area contributed by atoms with Crippen LogP contribution >= 0.6 is 0 Å². The SMILES string of the molecule is CC.CC.CC1(Oc2ccc3c(c2)C(C2=CCNC(N4CCC(C(=O)N5CCC(CC6CCN(c7ccc8c(c7)C(=O)N(C7CCC(=O)NC7=O)C8=O)CC6)CC5)CC4)=C2)NN3)CC1.[HH].[HH]. The summed E-state index contributed by atoms with van der Waals surface area (Å²) >= 11 is 0. The fourth-order valence-corrected chi connectivity index (χ4v) is 10.5. The number of ether oxygens (including phenoxy) is 1. The van der Waals surface area contributed by atoms with Crippen molar-refractivity contribution in [3.63, 3.8) is 0 Å². The molecule has 2 aromatic carbocycles. The maximum absolute atomic E-state index is 13.8. The van der Waals surface area contributed by atoms with E-state index in [0.29, 0.717) is 28.9 Å². The summed E-state index contributed by atoms with van der Waals surface area (Å²) in [6.07, 6.45) is 14.1. The van der Waals surface area contributed by atoms with Crippen LogP contribution in [0.25, 0.3) is 0 Å². The number of likely N-dealkylation sites (tertiary alicyclic amines) is 2. The predicted octanol–water partition coefficient (Wildman–Crippen LogP) is 7.16. The lowest BCUT2D eigenvalue weighted by molar-refractivity contribution is -0.138. The number of fused-ring (bicyclic) bond motifs is 2. The Labute approximate surface area is 381 Å². The second kappa shape index (κ2) is 19.4. The van der Waals surface area contributed by atoms with Gasteiger partial charge in [0.15, 0.2) is 0 Å². The summed E-state index contributed by atoms with van der Waals surface area (Å²) in [6, 6.07) is 10.8. The highest BCUT2D eigenvalue weighted by Crippen LogP contribution is 2.43. The van der Waals surface area contributed by atoms with Gasteiger partial charge >= 0.3 is 0 Å². The van der Waals surface area contributed by atoms with Crippen molar-refractivity contribution in [2.75, 3.05) is 56.1 Å². The molecule has 14 heteroatoms. The molecule has 2 unspecified atom stereocenters. The predicted molar refractivity (Wildman–Crippen MR) is 252 cm³/mol. The first-order valence-corrected chi connectivity index (χ1v) is 24.2. The zero-order chi connectivity index (χ0) is 45.1. The smallest absolute Gasteiger partial charge is 0.262 e. The van der Waals surface area contributed by atoms with Crippen molar-refractivity contribution >= 4 is 40.9 Å². The minimum absolute atomic E-state index is 0. The van der Waals surface area contributed by atoms with Gasteiger partial charge in [0.05, 0.1) is 22.9 Å². The van der Waals surface area contributed by atoms with Crippen molar-refractivity contribution < 1.29 is 31.6 Å². The van der Waals surface area contributed by atoms with Crippen LogP contribution in [0.1, 0.15) is 140 Å². The van der Waals surface area contributed by atoms with Crippen LogP contribution in [-0.2, 0) is 14.4 Å². The number of nitrogens with zero attached hydrogens (tertiary/aromatic N) is 4. The molecule has 5 amide bonds. The summed E-state index contributed by atoms with van der Waals surface area (Å²) in [7, 11) is 0. The number of benzene rings is 2. The molecule has 0 bridgehead atoms. The van der Waals surface area contributed by atoms with Crippen molar-refractivity contribution in [3.8, 4) is 5.75 Å². The van der Waals surface area contributed by atoms with E-state index in [-0.39, 0.29) is 39.2 Å². The van der Waals surface area contributed by atoms with Gasteiger partial charge in [0.1, 0.15) is 23.2 Å². The number of hydrazine groups is 1. The molecule has 4 N–H and O–H groups in total. The fourth-order valence-electron chi connectivity index (χ4n) is 10.5. The molecular formula is C50H72N8O6. The molecule has 7 aliphatic heterocycles. The Morgan fingerprint density at radius 3 is 2.16 bits per heavy atom. The second-order valence-corrected chi connectivity index (χ2v) is 18.5. The Morgan fingerprint density at radius 1 is 0.797 bits per heavy atom. The van der Waals surface area contributed by atoms with E-state index in [1.54, 1.807) is 12.1 Å². The second-order valence-electron chi connectivity index (χ2n) is 18.5. The summed E-state index contributed by atoms with van der Waals surface area (Å²) in [6.45, 7) is 16.1. The summed E-state index contributed by atoms with van der Waals surface area (Å²) in [5, 5.41) is 5.85. The molecular weight excluding hydrogens is 809 g/mol. The molecule has 1 aliphatic carbocycles. The van der Waals surface area contributed by atoms with Crippen molar-refractivity contribution in [2.24, 2.45) is 17.8 Å². The van der Waals surface area contributed by atoms with E-state index in [4.69, 9.17) is 4.74 Å². The van der Waals surface area contributed by atoms with Gasteiger partial charge in [-0.3, -0.25) is 34.2 Å². The van der Waals surface area contributed by atoms with Crippen molar-refractivity contribution in [1.82, 2.24) is 30.8 Å². The number of dihydropyridines is 1. The molecule has 4 saturated heterocycles. The molecule has 14 nitrogen and oxygen atoms in total. The number of amides is 5. The number of nitrogens with one attached hydrogen (secondary N) is 4. The van der Waals surface area contributed by atoms with Crippen LogP contribution < -0.4 is 31.1 Å². The van der Waals surface area contributed by atoms with E-state index >= 15 is 0 Å². The van der Waals surface area contributed by atoms with Crippen LogP contribution in [-0.4, -0.2) is 102 Å². The van der Waals surface area contributed by atoms with Gasteiger partial charge < -0.3 is 30.2 Å². The Bertz CT molecular complexity index is 2170. The monoisotopic (exact) mass is 881 g/mol. The zero-order valence-electron chi connectivity index (χ0n) is 38.5. The van der Waals surface area contributed by atoms with E-state index in [0.717, 1.165) is 125 Å². The number of carbonyl (C=O) groups excluding carboxylic acids is 5. The maximum atomic E-state index is 13.8. The molecule has 7 heterocycles. The minimum atomic E-state index is -0.963. The maximum Gasteiger partial charge on any atom is 0.262 e. The van der Waals surface area contributed by atoms with Crippen molar-refractivity contribution in [2.45, 2.75) is 123 Å². The Kier molecular flexibility index (Phi) is 13.7. The number of rotatable bonds is 9. The molecule has 8 aliphatic rings. The molecule has 2 aromatic rings. The van der Waals surface area contributed by atoms with Crippen molar-refractivity contribution in [1.29, 1.82) is 0 Å². The highest BCUT2D eigenvalue weighted by Gasteiger charge is 2.45. The average Bonchev–Trinajstić information content (AvgIpc) is 3.82. The van der Waals surface area contributed by atoms with E-state index in [1.165, 1.54) is 17.6 Å². The third-order valence-electron chi connectivity index (χ3n) is 14.4. The first-order chi connectivity index (χ1) is 31.1. The van der Waals surface area contributed by atoms with Gasteiger partial charge in [0.2, 0.25) is 17.7 Å². The standard InChI is InChI=1S/C46H56N8O6.2C2H6.2H2/c1-46(15-16-46)60-33-3-5-37-36(27-33)41(50-49-37)31-8-17-47-39(25-31)52-22-13-30(14-23-52)43(57)53-20-11-29(12-21-53)24-28-9-18-51(19-10-28)32-2-4-34-35(26-32)45(59)54(44(34)58)38-6-7-40(55)48-42(38)56;2*1-2;;/h2-5,8,25-30,38,41,47,49-50H,6-7,9-24H2,1H3,(H,48,55,56);2*1-2H3;2*1H. The van der Waals surface area contributed by atoms with Gasteiger partial charge in [-0.2, -0.15) is 0 Å². The van der Waals surface area contributed by atoms with Crippen LogP contribution in [0.5, 0.6) is 5.75 Å². The van der Waals surface area contributed by atoms with Gasteiger partial charge in [0, 0.05) is 72.3 Å². The van der Waals surface area contributed by atoms with E-state index in [2.05, 4.69) is 73.5 Å². The Hall–Kier alpha value is -5.37. The third kappa shape index (κ3) is 9.39. The van der Waals surface area contributed by atoms with E-state index in [1.807, 2.05) is 33.8 Å². The number of hydrogen-bond donors (Lipinski definition) is 4. The molecule has 348 valence electrons. The van der Waals surface area contributed by atoms with Crippen LogP contribution in [0.3, 0.4) is 0 Å². The highest BCUT2D eigenvalue weighted by atomic mass is 16.5. The molecule has 0 radical (unpaired) electrons. The van der Waals surface area contributed by atoms with Crippen molar-refractivity contribution in [3.05, 3.63) is 76.6 Å². The number of imide groups is 2. The first kappa shape index (κ1) is 45.2. The first-order valence-electron chi connectivity index (χ1n) is 24.2. The lowest BCUT2D eigenvalue weighted by Gasteiger charge is -2.40. The minimum Gasteiger partial charge on any atom is -0.488 e. The number of hydrogen-bond acceptors (Lipinski definition) is 11. The summed E-state index contributed by atoms with van der Waals surface area (Å²) < 4.78 is 6.28. The summed E-state index contributed by atoms with van der Waals surface area (Å²) in [5.41, 5.74) is 11.9. The molecule has 1 saturated carbocycles. The van der Waals surface area contributed by atoms with E-state index < -0.39 is 23.8 Å². The fraction of sp³-hybridized carbons (Fsp3) is 0.580. The lowest BCUT2D eigenvalue weighted by Crippen LogP contribution is -2.54. The van der Waals surface area contributed by atoms with Crippen LogP contribution in [0.2, 0.25) is 0 Å². The normalized spacial score (nSPS) is 24.5. The quantitative estimate of drug-likeness (QED) is 0.190. The van der Waals surface area contributed by atoms with Gasteiger partial charge in [-0.25, -0.2) is 5.43 Å². The largest absolute Gasteiger partial charge is 0.488 e. The van der Waals surface area contributed by atoms with Gasteiger partial charge in [-0.1, -0.05) is 33.8 Å². The van der Waals surface area contributed by atoms with Gasteiger partial charge in [0.25, 0.3) is 11.8 Å². The highest BCUT2D eigenvalue weighted by molar-refractivity contribution is 6.23. The van der Waals surface area contributed by atoms with Gasteiger partial charge in [-0.15, -0.1) is 0 Å². The summed E-state index contributed by atoms with van der Waals surface area (Å²) in [4.78, 5) is 72.2. The molecule has 2 atom stereocenters. The zero-order valence-corrected chi connectivity index (χ0v) is 38.5. The van der Waals surface area contributed by atoms with E-state index in [9.17, 15) is 24.0 Å². The van der Waals surface area contributed by atoms with Crippen LogP contribution in [0.4, 0.5) is 11.4 Å². The molecule has 5 fully saturated rings. The van der Waals surface area contributed by atoms with Gasteiger partial charge in [-0.05, 0) is 131 Å². The molecule has 64 heavy (non-hydrogen) atoms. The lowest BCUT2D eigenvalue weighted by atomic mass is 9.82. The Balaban J connectivity index is 0.00000117. The third-order valence-corrected chi connectivity index (χ3v) is 14.4. The van der Waals surface area contributed by atoms with Crippen LogP contribution in [0, 0.1) is 17.8 Å². The Morgan fingerprint density at radius 2 is 1.47 bits per heavy atom. The summed E-state index contributed by atoms with van der Waals surface area (Å²) in [5.74, 6) is 1.79. The average molecular weight is 881 g/mol. The number of carbonyl (C=O) groups is 5. The van der Waals surface area contributed by atoms with Crippen LogP contribution in [0.15, 0.2) is 59.9 Å². The molecule has 0 spiro atoms.